The number of piperazine rings is 1. The molecule has 0 atom stereocenters. The first kappa shape index (κ1) is 25.7. The number of imidazole rings is 1. The molecular weight excluding hydrogens is 504 g/mol. The Balaban J connectivity index is 1.73. The average Bonchev–Trinajstić information content (AvgIpc) is 3.06. The van der Waals surface area contributed by atoms with Crippen LogP contribution in [0.3, 0.4) is 0 Å². The second-order valence-electron chi connectivity index (χ2n) is 10.6. The molecule has 0 N–H and O–H groups in total. The Morgan fingerprint density at radius 3 is 2.33 bits per heavy atom. The standard InChI is InChI=1S/C23H35BrN4O4Si/c1-23(2,3)32-22(30)27-11-9-26(10-12-27)21(29)20-25-18-15-17(24)7-8-19(18)28(20)16-31-13-14-33(4,5)6/h7-8,15H,9-14,16H2,1-6H3. The molecule has 1 aliphatic heterocycles. The molecule has 0 unspecified atom stereocenters. The highest BCUT2D eigenvalue weighted by atomic mass is 79.9. The predicted octanol–water partition coefficient (Wildman–Crippen LogP) is 4.80. The van der Waals surface area contributed by atoms with E-state index in [0.717, 1.165) is 21.6 Å². The van der Waals surface area contributed by atoms with Crippen molar-refractivity contribution >= 4 is 47.0 Å². The Hall–Kier alpha value is -1.91. The van der Waals surface area contributed by atoms with Crippen LogP contribution in [0.4, 0.5) is 4.79 Å². The van der Waals surface area contributed by atoms with Crippen LogP contribution in [0.2, 0.25) is 25.7 Å². The fraction of sp³-hybridized carbons (Fsp3) is 0.609. The molecule has 3 rings (SSSR count). The number of rotatable bonds is 6. The lowest BCUT2D eigenvalue weighted by molar-refractivity contribution is 0.0136. The first-order valence-electron chi connectivity index (χ1n) is 11.3. The van der Waals surface area contributed by atoms with E-state index in [1.165, 1.54) is 0 Å². The molecule has 2 heterocycles. The summed E-state index contributed by atoms with van der Waals surface area (Å²) in [5, 5.41) is 0. The van der Waals surface area contributed by atoms with E-state index in [1.54, 1.807) is 9.80 Å². The molecule has 0 radical (unpaired) electrons. The largest absolute Gasteiger partial charge is 0.444 e. The van der Waals surface area contributed by atoms with Crippen LogP contribution < -0.4 is 0 Å². The molecule has 1 fully saturated rings. The first-order valence-corrected chi connectivity index (χ1v) is 15.8. The molecule has 0 bridgehead atoms. The van der Waals surface area contributed by atoms with Crippen molar-refractivity contribution < 1.29 is 19.1 Å². The number of ether oxygens (including phenoxy) is 2. The van der Waals surface area contributed by atoms with Gasteiger partial charge in [-0.1, -0.05) is 35.6 Å². The maximum atomic E-state index is 13.4. The number of carbonyl (C=O) groups is 2. The Labute approximate surface area is 205 Å². The fourth-order valence-electron chi connectivity index (χ4n) is 3.49. The summed E-state index contributed by atoms with van der Waals surface area (Å²) in [6.07, 6.45) is -0.345. The number of nitrogens with zero attached hydrogens (tertiary/aromatic N) is 4. The summed E-state index contributed by atoms with van der Waals surface area (Å²) in [7, 11) is -1.21. The van der Waals surface area contributed by atoms with Gasteiger partial charge in [-0.05, 0) is 45.0 Å². The second-order valence-corrected chi connectivity index (χ2v) is 17.1. The lowest BCUT2D eigenvalue weighted by atomic mass is 10.2. The van der Waals surface area contributed by atoms with Gasteiger partial charge in [-0.25, -0.2) is 9.78 Å². The van der Waals surface area contributed by atoms with Crippen molar-refractivity contribution in [1.82, 2.24) is 19.4 Å². The molecule has 0 saturated carbocycles. The average molecular weight is 540 g/mol. The minimum absolute atomic E-state index is 0.153. The van der Waals surface area contributed by atoms with Gasteiger partial charge in [0.25, 0.3) is 5.91 Å². The number of hydrogen-bond donors (Lipinski definition) is 0. The SMILES string of the molecule is CC(C)(C)OC(=O)N1CCN(C(=O)c2nc3cc(Br)ccc3n2COCC[Si](C)(C)C)CC1. The van der Waals surface area contributed by atoms with E-state index in [2.05, 4.69) is 40.6 Å². The van der Waals surface area contributed by atoms with E-state index in [0.29, 0.717) is 38.6 Å². The van der Waals surface area contributed by atoms with E-state index >= 15 is 0 Å². The molecule has 1 aromatic heterocycles. The minimum atomic E-state index is -1.21. The highest BCUT2D eigenvalue weighted by molar-refractivity contribution is 9.10. The molecule has 0 aliphatic carbocycles. The van der Waals surface area contributed by atoms with Crippen molar-refractivity contribution in [3.63, 3.8) is 0 Å². The van der Waals surface area contributed by atoms with Crippen molar-refractivity contribution in [2.75, 3.05) is 32.8 Å². The van der Waals surface area contributed by atoms with Crippen molar-refractivity contribution in [3.8, 4) is 0 Å². The Morgan fingerprint density at radius 2 is 1.73 bits per heavy atom. The number of halogens is 1. The third kappa shape index (κ3) is 7.03. The topological polar surface area (TPSA) is 76.9 Å². The zero-order valence-electron chi connectivity index (χ0n) is 20.5. The van der Waals surface area contributed by atoms with Crippen LogP contribution >= 0.6 is 15.9 Å². The molecule has 0 spiro atoms. The smallest absolute Gasteiger partial charge is 0.410 e. The number of fused-ring (bicyclic) bond motifs is 1. The Kier molecular flexibility index (Phi) is 7.90. The van der Waals surface area contributed by atoms with Gasteiger partial charge in [-0.3, -0.25) is 9.36 Å². The fourth-order valence-corrected chi connectivity index (χ4v) is 4.60. The van der Waals surface area contributed by atoms with Gasteiger partial charge in [-0.2, -0.15) is 0 Å². The van der Waals surface area contributed by atoms with Crippen LogP contribution in [0.25, 0.3) is 11.0 Å². The van der Waals surface area contributed by atoms with Crippen molar-refractivity contribution in [2.24, 2.45) is 0 Å². The molecule has 2 aromatic rings. The van der Waals surface area contributed by atoms with Crippen LogP contribution in [0, 0.1) is 0 Å². The van der Waals surface area contributed by atoms with Gasteiger partial charge in [-0.15, -0.1) is 0 Å². The third-order valence-electron chi connectivity index (χ3n) is 5.34. The van der Waals surface area contributed by atoms with E-state index in [4.69, 9.17) is 9.47 Å². The zero-order chi connectivity index (χ0) is 24.4. The number of carbonyl (C=O) groups excluding carboxylic acids is 2. The quantitative estimate of drug-likeness (QED) is 0.389. The summed E-state index contributed by atoms with van der Waals surface area (Å²) >= 11 is 3.49. The van der Waals surface area contributed by atoms with E-state index in [-0.39, 0.29) is 18.7 Å². The molecule has 2 amide bonds. The highest BCUT2D eigenvalue weighted by Crippen LogP contribution is 2.23. The normalized spacial score (nSPS) is 15.2. The summed E-state index contributed by atoms with van der Waals surface area (Å²) in [4.78, 5) is 33.8. The predicted molar refractivity (Wildman–Crippen MR) is 135 cm³/mol. The number of benzene rings is 1. The summed E-state index contributed by atoms with van der Waals surface area (Å²) < 4.78 is 14.2. The monoisotopic (exact) mass is 538 g/mol. The highest BCUT2D eigenvalue weighted by Gasteiger charge is 2.30. The van der Waals surface area contributed by atoms with Crippen LogP contribution in [0.5, 0.6) is 0 Å². The van der Waals surface area contributed by atoms with E-state index in [9.17, 15) is 9.59 Å². The van der Waals surface area contributed by atoms with Gasteiger partial charge in [0, 0.05) is 45.3 Å². The molecule has 8 nitrogen and oxygen atoms in total. The maximum absolute atomic E-state index is 13.4. The Bertz CT molecular complexity index is 1000. The van der Waals surface area contributed by atoms with Crippen LogP contribution in [-0.2, 0) is 16.2 Å². The first-order chi connectivity index (χ1) is 15.3. The second kappa shape index (κ2) is 10.1. The molecule has 10 heteroatoms. The van der Waals surface area contributed by atoms with Gasteiger partial charge >= 0.3 is 6.09 Å². The van der Waals surface area contributed by atoms with Crippen molar-refractivity contribution in [3.05, 3.63) is 28.5 Å². The van der Waals surface area contributed by atoms with Crippen LogP contribution in [-0.4, -0.2) is 77.8 Å². The van der Waals surface area contributed by atoms with Crippen molar-refractivity contribution in [1.29, 1.82) is 0 Å². The van der Waals surface area contributed by atoms with Gasteiger partial charge in [0.2, 0.25) is 5.82 Å². The summed E-state index contributed by atoms with van der Waals surface area (Å²) in [5.41, 5.74) is 1.06. The lowest BCUT2D eigenvalue weighted by Crippen LogP contribution is -2.52. The number of hydrogen-bond acceptors (Lipinski definition) is 5. The van der Waals surface area contributed by atoms with Crippen molar-refractivity contribution in [2.45, 2.75) is 58.8 Å². The third-order valence-corrected chi connectivity index (χ3v) is 7.53. The van der Waals surface area contributed by atoms with Gasteiger partial charge in [0.05, 0.1) is 11.0 Å². The van der Waals surface area contributed by atoms with E-state index in [1.807, 2.05) is 43.5 Å². The lowest BCUT2D eigenvalue weighted by Gasteiger charge is -2.35. The van der Waals surface area contributed by atoms with Gasteiger partial charge in [0.1, 0.15) is 12.3 Å². The molecule has 1 aliphatic rings. The zero-order valence-corrected chi connectivity index (χ0v) is 23.1. The summed E-state index contributed by atoms with van der Waals surface area (Å²) in [5.74, 6) is 0.210. The number of amides is 2. The molecule has 33 heavy (non-hydrogen) atoms. The minimum Gasteiger partial charge on any atom is -0.444 e. The van der Waals surface area contributed by atoms with E-state index < -0.39 is 13.7 Å². The Morgan fingerprint density at radius 1 is 1.09 bits per heavy atom. The molecular formula is C23H35BrN4O4Si. The molecule has 1 saturated heterocycles. The summed E-state index contributed by atoms with van der Waals surface area (Å²) in [6.45, 7) is 15.1. The van der Waals surface area contributed by atoms with Crippen LogP contribution in [0.1, 0.15) is 31.4 Å². The van der Waals surface area contributed by atoms with Gasteiger partial charge < -0.3 is 19.3 Å². The number of aromatic nitrogens is 2. The van der Waals surface area contributed by atoms with Crippen LogP contribution in [0.15, 0.2) is 22.7 Å². The summed E-state index contributed by atoms with van der Waals surface area (Å²) in [6, 6.07) is 6.86. The van der Waals surface area contributed by atoms with Gasteiger partial charge in [0.15, 0.2) is 0 Å². The molecule has 182 valence electrons. The molecule has 1 aromatic carbocycles. The maximum Gasteiger partial charge on any atom is 0.410 e.